The number of carbonyl (C=O) groups excluding carboxylic acids is 1. The van der Waals surface area contributed by atoms with Gasteiger partial charge in [-0.25, -0.2) is 4.39 Å². The van der Waals surface area contributed by atoms with E-state index in [1.165, 1.54) is 18.7 Å². The van der Waals surface area contributed by atoms with Crippen LogP contribution in [0.25, 0.3) is 0 Å². The molecule has 3 rings (SSSR count). The summed E-state index contributed by atoms with van der Waals surface area (Å²) in [5.74, 6) is 0.458. The minimum atomic E-state index is -0.421. The highest BCUT2D eigenvalue weighted by molar-refractivity contribution is 5.81. The number of nitrogens with two attached hydrogens (primary N) is 1. The molecular weight excluding hydrogens is 369 g/mol. The van der Waals surface area contributed by atoms with Gasteiger partial charge in [-0.3, -0.25) is 9.69 Å². The van der Waals surface area contributed by atoms with E-state index in [1.807, 2.05) is 25.1 Å². The predicted octanol–water partition coefficient (Wildman–Crippen LogP) is 2.86. The van der Waals surface area contributed by atoms with Crippen LogP contribution < -0.4 is 10.5 Å². The minimum Gasteiger partial charge on any atom is -0.494 e. The van der Waals surface area contributed by atoms with Gasteiger partial charge in [0.05, 0.1) is 13.2 Å². The normalized spacial score (nSPS) is 20.4. The van der Waals surface area contributed by atoms with Crippen molar-refractivity contribution >= 4 is 5.91 Å². The van der Waals surface area contributed by atoms with Crippen molar-refractivity contribution in [3.05, 3.63) is 65.5 Å². The van der Waals surface area contributed by atoms with Gasteiger partial charge in [-0.15, -0.1) is 0 Å². The molecule has 0 spiro atoms. The van der Waals surface area contributed by atoms with E-state index >= 15 is 0 Å². The standard InChI is InChI=1S/C23H30FN3O2/c1-16(23(28)26(2)13-17-9-10-22(29-3)21(24)11-17)27-14-19(12-25)20(15-27)18-7-5-4-6-8-18/h4-11,16,19-20H,12-15,25H2,1-3H3/t16?,19-,20+/m1/s1. The van der Waals surface area contributed by atoms with E-state index in [-0.39, 0.29) is 17.7 Å². The van der Waals surface area contributed by atoms with E-state index in [4.69, 9.17) is 10.5 Å². The lowest BCUT2D eigenvalue weighted by atomic mass is 9.89. The highest BCUT2D eigenvalue weighted by Crippen LogP contribution is 2.33. The van der Waals surface area contributed by atoms with Crippen molar-refractivity contribution in [2.45, 2.75) is 25.4 Å². The van der Waals surface area contributed by atoms with Crippen molar-refractivity contribution in [3.8, 4) is 5.75 Å². The van der Waals surface area contributed by atoms with Crippen molar-refractivity contribution in [2.75, 3.05) is 33.8 Å². The van der Waals surface area contributed by atoms with Crippen LogP contribution in [-0.2, 0) is 11.3 Å². The Morgan fingerprint density at radius 3 is 2.62 bits per heavy atom. The Labute approximate surface area is 172 Å². The van der Waals surface area contributed by atoms with Crippen LogP contribution in [0.5, 0.6) is 5.75 Å². The second-order valence-electron chi connectivity index (χ2n) is 7.81. The molecule has 2 aromatic carbocycles. The molecule has 6 heteroatoms. The Morgan fingerprint density at radius 1 is 1.28 bits per heavy atom. The van der Waals surface area contributed by atoms with Crippen LogP contribution in [0.2, 0.25) is 0 Å². The van der Waals surface area contributed by atoms with Gasteiger partial charge in [-0.05, 0) is 42.6 Å². The van der Waals surface area contributed by atoms with Crippen molar-refractivity contribution in [1.82, 2.24) is 9.80 Å². The van der Waals surface area contributed by atoms with Crippen molar-refractivity contribution in [1.29, 1.82) is 0 Å². The van der Waals surface area contributed by atoms with Gasteiger partial charge in [-0.1, -0.05) is 36.4 Å². The quantitative estimate of drug-likeness (QED) is 0.778. The fourth-order valence-electron chi connectivity index (χ4n) is 4.17. The molecule has 1 aliphatic heterocycles. The first-order valence-corrected chi connectivity index (χ1v) is 10.0. The van der Waals surface area contributed by atoms with Gasteiger partial charge in [-0.2, -0.15) is 0 Å². The molecule has 1 heterocycles. The number of nitrogens with zero attached hydrogens (tertiary/aromatic N) is 2. The summed E-state index contributed by atoms with van der Waals surface area (Å²) in [6.07, 6.45) is 0. The predicted molar refractivity (Wildman–Crippen MR) is 112 cm³/mol. The first-order chi connectivity index (χ1) is 13.9. The third-order valence-corrected chi connectivity index (χ3v) is 5.92. The zero-order chi connectivity index (χ0) is 21.0. The molecule has 2 N–H and O–H groups in total. The lowest BCUT2D eigenvalue weighted by Gasteiger charge is -2.28. The summed E-state index contributed by atoms with van der Waals surface area (Å²) >= 11 is 0. The van der Waals surface area contributed by atoms with Crippen LogP contribution in [0, 0.1) is 11.7 Å². The summed E-state index contributed by atoms with van der Waals surface area (Å²) in [5.41, 5.74) is 8.03. The Morgan fingerprint density at radius 2 is 2.00 bits per heavy atom. The van der Waals surface area contributed by atoms with Crippen molar-refractivity contribution < 1.29 is 13.9 Å². The molecular formula is C23H30FN3O2. The average molecular weight is 400 g/mol. The smallest absolute Gasteiger partial charge is 0.239 e. The number of hydrogen-bond donors (Lipinski definition) is 1. The molecule has 1 unspecified atom stereocenters. The largest absolute Gasteiger partial charge is 0.494 e. The molecule has 1 amide bonds. The number of methoxy groups -OCH3 is 1. The van der Waals surface area contributed by atoms with Gasteiger partial charge >= 0.3 is 0 Å². The second-order valence-corrected chi connectivity index (χ2v) is 7.81. The Hall–Kier alpha value is -2.44. The minimum absolute atomic E-state index is 0.0192. The Bertz CT molecular complexity index is 830. The molecule has 2 aromatic rings. The van der Waals surface area contributed by atoms with Crippen LogP contribution in [-0.4, -0.2) is 55.5 Å². The molecule has 0 aliphatic carbocycles. The number of likely N-dealkylation sites (N-methyl/N-ethyl adjacent to an activating group) is 1. The van der Waals surface area contributed by atoms with Gasteiger partial charge < -0.3 is 15.4 Å². The number of likely N-dealkylation sites (tertiary alicyclic amines) is 1. The van der Waals surface area contributed by atoms with Crippen LogP contribution in [0.15, 0.2) is 48.5 Å². The van der Waals surface area contributed by atoms with E-state index in [9.17, 15) is 9.18 Å². The summed E-state index contributed by atoms with van der Waals surface area (Å²) in [6.45, 7) is 4.49. The number of hydrogen-bond acceptors (Lipinski definition) is 4. The molecule has 156 valence electrons. The van der Waals surface area contributed by atoms with Gasteiger partial charge in [0.25, 0.3) is 0 Å². The average Bonchev–Trinajstić information content (AvgIpc) is 3.18. The fraction of sp³-hybridized carbons (Fsp3) is 0.435. The number of benzene rings is 2. The molecule has 0 aromatic heterocycles. The number of carbonyl (C=O) groups is 1. The van der Waals surface area contributed by atoms with E-state index < -0.39 is 5.82 Å². The van der Waals surface area contributed by atoms with Gasteiger partial charge in [0.1, 0.15) is 0 Å². The number of halogens is 1. The van der Waals surface area contributed by atoms with Gasteiger partial charge in [0.15, 0.2) is 11.6 Å². The molecule has 0 bridgehead atoms. The number of rotatable bonds is 7. The Balaban J connectivity index is 1.65. The summed E-state index contributed by atoms with van der Waals surface area (Å²) in [5, 5.41) is 0. The van der Waals surface area contributed by atoms with Crippen molar-refractivity contribution in [2.24, 2.45) is 11.7 Å². The molecule has 0 saturated carbocycles. The van der Waals surface area contributed by atoms with E-state index in [2.05, 4.69) is 17.0 Å². The highest BCUT2D eigenvalue weighted by atomic mass is 19.1. The zero-order valence-corrected chi connectivity index (χ0v) is 17.3. The lowest BCUT2D eigenvalue weighted by molar-refractivity contribution is -0.135. The van der Waals surface area contributed by atoms with Gasteiger partial charge in [0.2, 0.25) is 5.91 Å². The third kappa shape index (κ3) is 4.77. The van der Waals surface area contributed by atoms with E-state index in [1.54, 1.807) is 24.1 Å². The monoisotopic (exact) mass is 399 g/mol. The Kier molecular flexibility index (Phi) is 6.87. The molecule has 1 fully saturated rings. The van der Waals surface area contributed by atoms with Crippen LogP contribution in [0.3, 0.4) is 0 Å². The van der Waals surface area contributed by atoms with Crippen LogP contribution >= 0.6 is 0 Å². The van der Waals surface area contributed by atoms with E-state index in [0.717, 1.165) is 18.7 Å². The summed E-state index contributed by atoms with van der Waals surface area (Å²) in [6, 6.07) is 14.9. The van der Waals surface area contributed by atoms with Crippen LogP contribution in [0.1, 0.15) is 24.0 Å². The van der Waals surface area contributed by atoms with Crippen molar-refractivity contribution in [3.63, 3.8) is 0 Å². The lowest BCUT2D eigenvalue weighted by Crippen LogP contribution is -2.45. The number of amides is 1. The highest BCUT2D eigenvalue weighted by Gasteiger charge is 2.37. The second kappa shape index (κ2) is 9.37. The number of ether oxygens (including phenoxy) is 1. The van der Waals surface area contributed by atoms with E-state index in [0.29, 0.717) is 24.9 Å². The van der Waals surface area contributed by atoms with Crippen LogP contribution in [0.4, 0.5) is 4.39 Å². The topological polar surface area (TPSA) is 58.8 Å². The molecule has 29 heavy (non-hydrogen) atoms. The molecule has 0 radical (unpaired) electrons. The van der Waals surface area contributed by atoms with Gasteiger partial charge in [0, 0.05) is 32.6 Å². The molecule has 3 atom stereocenters. The third-order valence-electron chi connectivity index (χ3n) is 5.92. The molecule has 5 nitrogen and oxygen atoms in total. The summed E-state index contributed by atoms with van der Waals surface area (Å²) < 4.78 is 18.9. The molecule has 1 saturated heterocycles. The first-order valence-electron chi connectivity index (χ1n) is 10.0. The summed E-state index contributed by atoms with van der Waals surface area (Å²) in [4.78, 5) is 16.9. The first kappa shape index (κ1) is 21.3. The summed E-state index contributed by atoms with van der Waals surface area (Å²) in [7, 11) is 3.19. The SMILES string of the molecule is COc1ccc(CN(C)C(=O)C(C)N2C[C@@H](CN)[C@H](c3ccccc3)C2)cc1F. The maximum absolute atomic E-state index is 13.9. The maximum atomic E-state index is 13.9. The maximum Gasteiger partial charge on any atom is 0.239 e. The molecule has 1 aliphatic rings. The fourth-order valence-corrected chi connectivity index (χ4v) is 4.17. The zero-order valence-electron chi connectivity index (χ0n) is 17.3.